The van der Waals surface area contributed by atoms with Gasteiger partial charge in [0.1, 0.15) is 5.75 Å². The van der Waals surface area contributed by atoms with Gasteiger partial charge in [0, 0.05) is 12.5 Å². The highest BCUT2D eigenvalue weighted by molar-refractivity contribution is 7.80. The molecule has 2 N–H and O–H groups in total. The number of carbonyl (C=O) groups excluding carboxylic acids is 1. The van der Waals surface area contributed by atoms with Crippen LogP contribution in [0.1, 0.15) is 36.8 Å². The summed E-state index contributed by atoms with van der Waals surface area (Å²) < 4.78 is 47.6. The molecule has 2 aliphatic carbocycles. The summed E-state index contributed by atoms with van der Waals surface area (Å²) in [5, 5.41) is 5.95. The van der Waals surface area contributed by atoms with Gasteiger partial charge >= 0.3 is 6.36 Å². The highest BCUT2D eigenvalue weighted by atomic mass is 32.1. The lowest BCUT2D eigenvalue weighted by molar-refractivity contribution is -0.274. The maximum atomic E-state index is 13.0. The third-order valence-corrected chi connectivity index (χ3v) is 6.34. The molecule has 0 aromatic heterocycles. The van der Waals surface area contributed by atoms with Crippen molar-refractivity contribution in [1.29, 1.82) is 0 Å². The van der Waals surface area contributed by atoms with Gasteiger partial charge in [-0.2, -0.15) is 0 Å². The lowest BCUT2D eigenvalue weighted by Gasteiger charge is -2.46. The van der Waals surface area contributed by atoms with E-state index in [1.165, 1.54) is 12.1 Å². The van der Waals surface area contributed by atoms with Crippen molar-refractivity contribution >= 4 is 23.2 Å². The fourth-order valence-corrected chi connectivity index (χ4v) is 5.23. The summed E-state index contributed by atoms with van der Waals surface area (Å²) in [7, 11) is 1.66. The predicted octanol–water partition coefficient (Wildman–Crippen LogP) is 2.92. The molecule has 1 aliphatic heterocycles. The van der Waals surface area contributed by atoms with Crippen molar-refractivity contribution in [1.82, 2.24) is 10.6 Å². The molecule has 2 fully saturated rings. The summed E-state index contributed by atoms with van der Waals surface area (Å²) in [6.45, 7) is 0. The first-order valence-electron chi connectivity index (χ1n) is 8.75. The van der Waals surface area contributed by atoms with E-state index in [1.807, 2.05) is 0 Å². The molecule has 1 saturated heterocycles. The SMILES string of the molecule is COC1CCC2(CC1)Cc1ccc(OC(F)(F)F)cc1C21NC(=S)NC1=O. The second-order valence-electron chi connectivity index (χ2n) is 7.42. The van der Waals surface area contributed by atoms with Crippen LogP contribution in [0, 0.1) is 5.41 Å². The number of hydrogen-bond donors (Lipinski definition) is 2. The lowest BCUT2D eigenvalue weighted by Crippen LogP contribution is -2.56. The summed E-state index contributed by atoms with van der Waals surface area (Å²) in [6.07, 6.45) is -1.11. The number of nitrogens with one attached hydrogen (secondary N) is 2. The zero-order valence-corrected chi connectivity index (χ0v) is 15.4. The normalized spacial score (nSPS) is 32.5. The molecule has 2 spiro atoms. The van der Waals surface area contributed by atoms with E-state index in [2.05, 4.69) is 15.4 Å². The molecule has 1 heterocycles. The Morgan fingerprint density at radius 1 is 1.26 bits per heavy atom. The highest BCUT2D eigenvalue weighted by Crippen LogP contribution is 2.59. The fraction of sp³-hybridized carbons (Fsp3) is 0.556. The van der Waals surface area contributed by atoms with Crippen LogP contribution in [0.25, 0.3) is 0 Å². The number of ether oxygens (including phenoxy) is 2. The Balaban J connectivity index is 1.80. The quantitative estimate of drug-likeness (QED) is 0.748. The van der Waals surface area contributed by atoms with Gasteiger partial charge in [-0.25, -0.2) is 0 Å². The first-order chi connectivity index (χ1) is 12.7. The third kappa shape index (κ3) is 2.79. The second kappa shape index (κ2) is 6.07. The number of amides is 1. The monoisotopic (exact) mass is 400 g/mol. The molecule has 0 radical (unpaired) electrons. The molecule has 1 atom stereocenters. The molecule has 1 aromatic rings. The maximum absolute atomic E-state index is 13.0. The van der Waals surface area contributed by atoms with E-state index in [0.29, 0.717) is 24.8 Å². The number of rotatable bonds is 2. The largest absolute Gasteiger partial charge is 0.573 e. The average molecular weight is 400 g/mol. The predicted molar refractivity (Wildman–Crippen MR) is 94.1 cm³/mol. The van der Waals surface area contributed by atoms with E-state index >= 15 is 0 Å². The number of hydrogen-bond acceptors (Lipinski definition) is 4. The Labute approximate surface area is 159 Å². The van der Waals surface area contributed by atoms with E-state index in [0.717, 1.165) is 18.4 Å². The van der Waals surface area contributed by atoms with Crippen LogP contribution >= 0.6 is 12.2 Å². The molecule has 3 aliphatic rings. The van der Waals surface area contributed by atoms with Crippen molar-refractivity contribution in [2.24, 2.45) is 5.41 Å². The van der Waals surface area contributed by atoms with Crippen LogP contribution in [0.3, 0.4) is 0 Å². The van der Waals surface area contributed by atoms with Crippen LogP contribution in [0.4, 0.5) is 13.2 Å². The summed E-state index contributed by atoms with van der Waals surface area (Å²) in [5.41, 5.74) is -0.292. The number of fused-ring (bicyclic) bond motifs is 3. The Hall–Kier alpha value is -1.87. The Morgan fingerprint density at radius 2 is 1.96 bits per heavy atom. The summed E-state index contributed by atoms with van der Waals surface area (Å²) in [6, 6.07) is 4.23. The number of halogens is 3. The molecule has 9 heteroatoms. The topological polar surface area (TPSA) is 59.6 Å². The fourth-order valence-electron chi connectivity index (χ4n) is 4.99. The van der Waals surface area contributed by atoms with Crippen molar-refractivity contribution in [2.45, 2.75) is 50.1 Å². The van der Waals surface area contributed by atoms with Gasteiger partial charge in [0.2, 0.25) is 0 Å². The molecule has 1 unspecified atom stereocenters. The van der Waals surface area contributed by atoms with Crippen molar-refractivity contribution in [2.75, 3.05) is 7.11 Å². The molecular weight excluding hydrogens is 381 g/mol. The van der Waals surface area contributed by atoms with Crippen molar-refractivity contribution in [3.05, 3.63) is 29.3 Å². The first-order valence-corrected chi connectivity index (χ1v) is 9.15. The van der Waals surface area contributed by atoms with E-state index in [-0.39, 0.29) is 22.9 Å². The summed E-state index contributed by atoms with van der Waals surface area (Å²) >= 11 is 5.17. The van der Waals surface area contributed by atoms with Gasteiger partial charge in [-0.05, 0) is 67.6 Å². The minimum atomic E-state index is -4.80. The molecule has 1 aromatic carbocycles. The second-order valence-corrected chi connectivity index (χ2v) is 7.83. The van der Waals surface area contributed by atoms with E-state index in [9.17, 15) is 18.0 Å². The zero-order valence-electron chi connectivity index (χ0n) is 14.6. The van der Waals surface area contributed by atoms with Crippen LogP contribution in [-0.2, 0) is 21.5 Å². The number of carbonyl (C=O) groups is 1. The molecule has 146 valence electrons. The van der Waals surface area contributed by atoms with Crippen LogP contribution in [0.5, 0.6) is 5.75 Å². The van der Waals surface area contributed by atoms with Crippen molar-refractivity contribution < 1.29 is 27.4 Å². The molecule has 27 heavy (non-hydrogen) atoms. The minimum absolute atomic E-state index is 0.122. The van der Waals surface area contributed by atoms with Crippen LogP contribution in [0.2, 0.25) is 0 Å². The number of benzene rings is 1. The minimum Gasteiger partial charge on any atom is -0.406 e. The van der Waals surface area contributed by atoms with Gasteiger partial charge in [0.05, 0.1) is 6.10 Å². The lowest BCUT2D eigenvalue weighted by atomic mass is 9.61. The summed E-state index contributed by atoms with van der Waals surface area (Å²) in [4.78, 5) is 13.0. The molecule has 1 saturated carbocycles. The molecular formula is C18H19F3N2O3S. The highest BCUT2D eigenvalue weighted by Gasteiger charge is 2.65. The standard InChI is InChI=1S/C18H19F3N2O3S/c1-25-11-4-6-16(7-5-11)9-10-2-3-12(26-18(19,20)21)8-13(10)17(16)14(24)22-15(27)23-17/h2-3,8,11H,4-7,9H2,1H3,(H2,22,23,24,27). The molecule has 5 nitrogen and oxygen atoms in total. The van der Waals surface area contributed by atoms with Crippen LogP contribution in [-0.4, -0.2) is 30.6 Å². The number of alkyl halides is 3. The van der Waals surface area contributed by atoms with Gasteiger partial charge in [-0.15, -0.1) is 13.2 Å². The van der Waals surface area contributed by atoms with Crippen LogP contribution < -0.4 is 15.4 Å². The van der Waals surface area contributed by atoms with E-state index in [4.69, 9.17) is 17.0 Å². The Bertz CT molecular complexity index is 806. The molecule has 0 bridgehead atoms. The van der Waals surface area contributed by atoms with E-state index < -0.39 is 17.3 Å². The average Bonchev–Trinajstić information content (AvgIpc) is 3.03. The molecule has 4 rings (SSSR count). The van der Waals surface area contributed by atoms with Gasteiger partial charge in [-0.1, -0.05) is 6.07 Å². The van der Waals surface area contributed by atoms with Crippen LogP contribution in [0.15, 0.2) is 18.2 Å². The Morgan fingerprint density at radius 3 is 2.52 bits per heavy atom. The number of methoxy groups -OCH3 is 1. The summed E-state index contributed by atoms with van der Waals surface area (Å²) in [5.74, 6) is -0.651. The van der Waals surface area contributed by atoms with Gasteiger partial charge < -0.3 is 20.1 Å². The van der Waals surface area contributed by atoms with Gasteiger partial charge in [0.25, 0.3) is 5.91 Å². The van der Waals surface area contributed by atoms with E-state index in [1.54, 1.807) is 13.2 Å². The molecule has 1 amide bonds. The smallest absolute Gasteiger partial charge is 0.406 e. The first kappa shape index (κ1) is 18.5. The van der Waals surface area contributed by atoms with Crippen molar-refractivity contribution in [3.8, 4) is 5.75 Å². The van der Waals surface area contributed by atoms with Crippen molar-refractivity contribution in [3.63, 3.8) is 0 Å². The van der Waals surface area contributed by atoms with Gasteiger partial charge in [0.15, 0.2) is 10.7 Å². The zero-order chi connectivity index (χ0) is 19.4. The van der Waals surface area contributed by atoms with Gasteiger partial charge in [-0.3, -0.25) is 4.79 Å². The third-order valence-electron chi connectivity index (χ3n) is 6.14. The number of thiocarbonyl (C=S) groups is 1. The Kier molecular flexibility index (Phi) is 4.15. The maximum Gasteiger partial charge on any atom is 0.573 e.